The van der Waals surface area contributed by atoms with Crippen LogP contribution in [0.4, 0.5) is 15.8 Å². The number of non-ortho nitro benzene ring substituents is 1. The molecular weight excluding hydrogens is 249 g/mol. The molecule has 2 aliphatic heterocycles. The highest BCUT2D eigenvalue weighted by Crippen LogP contribution is 2.40. The first kappa shape index (κ1) is 12.1. The molecule has 2 heterocycles. The van der Waals surface area contributed by atoms with Crippen molar-refractivity contribution < 1.29 is 9.31 Å². The van der Waals surface area contributed by atoms with Crippen LogP contribution in [-0.2, 0) is 0 Å². The minimum Gasteiger partial charge on any atom is -0.384 e. The predicted molar refractivity (Wildman–Crippen MR) is 70.2 cm³/mol. The molecule has 1 aromatic rings. The van der Waals surface area contributed by atoms with E-state index in [-0.39, 0.29) is 11.6 Å². The SMILES string of the molecule is O=[N+]([O-])c1ccc2c(c1)C(C1=CCNCC1F)CN2. The van der Waals surface area contributed by atoms with Gasteiger partial charge in [-0.15, -0.1) is 0 Å². The normalized spacial score (nSPS) is 25.4. The molecule has 2 aliphatic rings. The Morgan fingerprint density at radius 3 is 2.95 bits per heavy atom. The molecule has 0 fully saturated rings. The highest BCUT2D eigenvalue weighted by atomic mass is 19.1. The van der Waals surface area contributed by atoms with E-state index in [2.05, 4.69) is 10.6 Å². The van der Waals surface area contributed by atoms with Crippen LogP contribution in [0.1, 0.15) is 11.5 Å². The maximum Gasteiger partial charge on any atom is 0.269 e. The van der Waals surface area contributed by atoms with Gasteiger partial charge in [-0.05, 0) is 17.2 Å². The van der Waals surface area contributed by atoms with Gasteiger partial charge in [-0.3, -0.25) is 10.1 Å². The lowest BCUT2D eigenvalue weighted by atomic mass is 9.88. The van der Waals surface area contributed by atoms with E-state index in [0.717, 1.165) is 16.8 Å². The Morgan fingerprint density at radius 1 is 1.37 bits per heavy atom. The summed E-state index contributed by atoms with van der Waals surface area (Å²) in [6, 6.07) is 4.72. The monoisotopic (exact) mass is 263 g/mol. The van der Waals surface area contributed by atoms with Crippen molar-refractivity contribution in [3.05, 3.63) is 45.5 Å². The molecule has 1 aromatic carbocycles. The van der Waals surface area contributed by atoms with Gasteiger partial charge in [0.2, 0.25) is 0 Å². The first-order valence-electron chi connectivity index (χ1n) is 6.24. The molecule has 0 spiro atoms. The fraction of sp³-hybridized carbons (Fsp3) is 0.385. The molecule has 100 valence electrons. The highest BCUT2D eigenvalue weighted by molar-refractivity contribution is 5.64. The summed E-state index contributed by atoms with van der Waals surface area (Å²) in [6.07, 6.45) is 0.833. The lowest BCUT2D eigenvalue weighted by molar-refractivity contribution is -0.384. The third-order valence-electron chi connectivity index (χ3n) is 3.69. The molecule has 2 atom stereocenters. The largest absolute Gasteiger partial charge is 0.384 e. The maximum absolute atomic E-state index is 14.0. The number of rotatable bonds is 2. The zero-order valence-corrected chi connectivity index (χ0v) is 10.2. The number of nitro groups is 1. The minimum atomic E-state index is -1.02. The molecule has 0 radical (unpaired) electrons. The molecule has 0 saturated heterocycles. The second-order valence-corrected chi connectivity index (χ2v) is 4.79. The number of fused-ring (bicyclic) bond motifs is 1. The fourth-order valence-electron chi connectivity index (χ4n) is 2.74. The van der Waals surface area contributed by atoms with E-state index in [4.69, 9.17) is 0 Å². The predicted octanol–water partition coefficient (Wildman–Crippen LogP) is 1.97. The molecular formula is C13H14FN3O2. The molecule has 19 heavy (non-hydrogen) atoms. The van der Waals surface area contributed by atoms with Gasteiger partial charge in [0.1, 0.15) is 6.17 Å². The van der Waals surface area contributed by atoms with E-state index in [1.165, 1.54) is 6.07 Å². The van der Waals surface area contributed by atoms with Gasteiger partial charge in [0.05, 0.1) is 4.92 Å². The Hall–Kier alpha value is -1.95. The van der Waals surface area contributed by atoms with Crippen molar-refractivity contribution in [1.29, 1.82) is 0 Å². The molecule has 0 saturated carbocycles. The van der Waals surface area contributed by atoms with Gasteiger partial charge in [-0.25, -0.2) is 4.39 Å². The molecule has 0 amide bonds. The molecule has 2 unspecified atom stereocenters. The van der Waals surface area contributed by atoms with Gasteiger partial charge in [0.25, 0.3) is 5.69 Å². The van der Waals surface area contributed by atoms with Gasteiger partial charge in [0.15, 0.2) is 0 Å². The Morgan fingerprint density at radius 2 is 2.21 bits per heavy atom. The summed E-state index contributed by atoms with van der Waals surface area (Å²) in [5.41, 5.74) is 2.47. The molecule has 5 nitrogen and oxygen atoms in total. The van der Waals surface area contributed by atoms with Gasteiger partial charge >= 0.3 is 0 Å². The highest BCUT2D eigenvalue weighted by Gasteiger charge is 2.32. The number of hydrogen-bond donors (Lipinski definition) is 2. The zero-order valence-electron chi connectivity index (χ0n) is 10.2. The van der Waals surface area contributed by atoms with Gasteiger partial charge in [-0.2, -0.15) is 0 Å². The average molecular weight is 263 g/mol. The second kappa shape index (κ2) is 4.62. The smallest absolute Gasteiger partial charge is 0.269 e. The number of nitrogens with zero attached hydrogens (tertiary/aromatic N) is 1. The summed E-state index contributed by atoms with van der Waals surface area (Å²) >= 11 is 0. The quantitative estimate of drug-likeness (QED) is 0.486. The third-order valence-corrected chi connectivity index (χ3v) is 3.69. The fourth-order valence-corrected chi connectivity index (χ4v) is 2.74. The van der Waals surface area contributed by atoms with E-state index in [1.54, 1.807) is 12.1 Å². The van der Waals surface area contributed by atoms with Gasteiger partial charge in [0, 0.05) is 43.4 Å². The van der Waals surface area contributed by atoms with Crippen molar-refractivity contribution >= 4 is 11.4 Å². The molecule has 3 rings (SSSR count). The first-order chi connectivity index (χ1) is 9.16. The van der Waals surface area contributed by atoms with Crippen LogP contribution in [-0.4, -0.2) is 30.7 Å². The molecule has 2 N–H and O–H groups in total. The number of anilines is 1. The van der Waals surface area contributed by atoms with E-state index in [0.29, 0.717) is 19.6 Å². The molecule has 0 aliphatic carbocycles. The number of nitro benzene ring substituents is 1. The van der Waals surface area contributed by atoms with Crippen LogP contribution in [0, 0.1) is 10.1 Å². The summed E-state index contributed by atoms with van der Waals surface area (Å²) in [6.45, 7) is 1.56. The van der Waals surface area contributed by atoms with Crippen LogP contribution in [0.3, 0.4) is 0 Å². The van der Waals surface area contributed by atoms with Crippen LogP contribution < -0.4 is 10.6 Å². The van der Waals surface area contributed by atoms with Crippen LogP contribution in [0.5, 0.6) is 0 Å². The molecule has 0 aromatic heterocycles. The topological polar surface area (TPSA) is 67.2 Å². The number of halogens is 1. The first-order valence-corrected chi connectivity index (χ1v) is 6.24. The van der Waals surface area contributed by atoms with Crippen LogP contribution in [0.15, 0.2) is 29.8 Å². The summed E-state index contributed by atoms with van der Waals surface area (Å²) in [7, 11) is 0. The van der Waals surface area contributed by atoms with Crippen LogP contribution in [0.2, 0.25) is 0 Å². The van der Waals surface area contributed by atoms with Crippen molar-refractivity contribution in [2.24, 2.45) is 0 Å². The third kappa shape index (κ3) is 2.08. The Bertz CT molecular complexity index is 559. The van der Waals surface area contributed by atoms with E-state index in [9.17, 15) is 14.5 Å². The summed E-state index contributed by atoms with van der Waals surface area (Å²) in [5.74, 6) is -0.105. The van der Waals surface area contributed by atoms with Crippen molar-refractivity contribution in [1.82, 2.24) is 5.32 Å². The zero-order chi connectivity index (χ0) is 13.4. The number of nitrogens with one attached hydrogen (secondary N) is 2. The lowest BCUT2D eigenvalue weighted by Gasteiger charge is -2.23. The summed E-state index contributed by atoms with van der Waals surface area (Å²) in [5, 5.41) is 17.0. The summed E-state index contributed by atoms with van der Waals surface area (Å²) in [4.78, 5) is 10.4. The Kier molecular flexibility index (Phi) is 2.94. The number of benzene rings is 1. The second-order valence-electron chi connectivity index (χ2n) is 4.79. The van der Waals surface area contributed by atoms with E-state index >= 15 is 0 Å². The maximum atomic E-state index is 14.0. The van der Waals surface area contributed by atoms with E-state index in [1.807, 2.05) is 6.08 Å². The lowest BCUT2D eigenvalue weighted by Crippen LogP contribution is -2.33. The standard InChI is InChI=1S/C13H14FN3O2/c14-12-7-15-4-3-9(12)11-6-16-13-2-1-8(17(18)19)5-10(11)13/h1-3,5,11-12,15-16H,4,6-7H2. The Labute approximate surface area is 109 Å². The van der Waals surface area contributed by atoms with Gasteiger partial charge < -0.3 is 10.6 Å². The summed E-state index contributed by atoms with van der Waals surface area (Å²) < 4.78 is 14.0. The van der Waals surface area contributed by atoms with Crippen molar-refractivity contribution in [3.8, 4) is 0 Å². The Balaban J connectivity index is 1.98. The molecule has 6 heteroatoms. The van der Waals surface area contributed by atoms with Crippen molar-refractivity contribution in [2.75, 3.05) is 25.0 Å². The van der Waals surface area contributed by atoms with Crippen molar-refractivity contribution in [3.63, 3.8) is 0 Å². The van der Waals surface area contributed by atoms with Crippen LogP contribution >= 0.6 is 0 Å². The molecule has 0 bridgehead atoms. The minimum absolute atomic E-state index is 0.0531. The average Bonchev–Trinajstić information content (AvgIpc) is 2.82. The number of hydrogen-bond acceptors (Lipinski definition) is 4. The number of alkyl halides is 1. The van der Waals surface area contributed by atoms with Gasteiger partial charge in [-0.1, -0.05) is 6.08 Å². The van der Waals surface area contributed by atoms with Crippen molar-refractivity contribution in [2.45, 2.75) is 12.1 Å². The van der Waals surface area contributed by atoms with E-state index < -0.39 is 11.1 Å². The van der Waals surface area contributed by atoms with Crippen LogP contribution in [0.25, 0.3) is 0 Å².